The fraction of sp³-hybridized carbons (Fsp3) is 0.389. The van der Waals surface area contributed by atoms with Gasteiger partial charge >= 0.3 is 0 Å². The Labute approximate surface area is 142 Å². The van der Waals surface area contributed by atoms with E-state index in [9.17, 15) is 0 Å². The van der Waals surface area contributed by atoms with E-state index in [1.54, 1.807) is 0 Å². The van der Waals surface area contributed by atoms with E-state index in [2.05, 4.69) is 63.4 Å². The Morgan fingerprint density at radius 1 is 1.12 bits per heavy atom. The highest BCUT2D eigenvalue weighted by atomic mass is 15.3. The lowest BCUT2D eigenvalue weighted by molar-refractivity contribution is 0.753. The highest BCUT2D eigenvalue weighted by Crippen LogP contribution is 2.16. The largest absolute Gasteiger partial charge is 0.358 e. The SMILES string of the molecule is CC(C)c1nc(NCCc2cc3ccccc3[nH]2)nc(N(C)C)n1. The summed E-state index contributed by atoms with van der Waals surface area (Å²) < 4.78 is 0. The number of benzene rings is 1. The molecule has 0 aliphatic rings. The minimum absolute atomic E-state index is 0.265. The van der Waals surface area contributed by atoms with Gasteiger partial charge in [0.2, 0.25) is 11.9 Å². The van der Waals surface area contributed by atoms with Gasteiger partial charge in [-0.1, -0.05) is 32.0 Å². The highest BCUT2D eigenvalue weighted by molar-refractivity contribution is 5.80. The average Bonchev–Trinajstić information content (AvgIpc) is 2.97. The number of anilines is 2. The zero-order valence-electron chi connectivity index (χ0n) is 14.7. The molecule has 0 amide bonds. The van der Waals surface area contributed by atoms with Crippen LogP contribution in [-0.2, 0) is 6.42 Å². The molecule has 0 aliphatic carbocycles. The monoisotopic (exact) mass is 324 g/mol. The molecule has 2 aromatic heterocycles. The lowest BCUT2D eigenvalue weighted by atomic mass is 10.2. The van der Waals surface area contributed by atoms with Crippen LogP contribution in [0.3, 0.4) is 0 Å². The molecule has 0 saturated carbocycles. The van der Waals surface area contributed by atoms with Crippen LogP contribution in [-0.4, -0.2) is 40.6 Å². The number of hydrogen-bond donors (Lipinski definition) is 2. The predicted molar refractivity (Wildman–Crippen MR) is 98.7 cm³/mol. The van der Waals surface area contributed by atoms with Gasteiger partial charge in [0.15, 0.2) is 0 Å². The summed E-state index contributed by atoms with van der Waals surface area (Å²) in [6, 6.07) is 10.5. The molecule has 1 aromatic carbocycles. The van der Waals surface area contributed by atoms with Crippen molar-refractivity contribution in [2.45, 2.75) is 26.2 Å². The predicted octanol–water partition coefficient (Wildman–Crippen LogP) is 3.20. The van der Waals surface area contributed by atoms with E-state index in [1.165, 1.54) is 16.6 Å². The molecule has 3 rings (SSSR count). The lowest BCUT2D eigenvalue weighted by Gasteiger charge is -2.14. The number of hydrogen-bond acceptors (Lipinski definition) is 5. The van der Waals surface area contributed by atoms with Crippen molar-refractivity contribution in [1.82, 2.24) is 19.9 Å². The second-order valence-electron chi connectivity index (χ2n) is 6.42. The van der Waals surface area contributed by atoms with E-state index in [-0.39, 0.29) is 5.92 Å². The summed E-state index contributed by atoms with van der Waals surface area (Å²) in [5.41, 5.74) is 2.37. The van der Waals surface area contributed by atoms with Crippen molar-refractivity contribution in [2.75, 3.05) is 30.9 Å². The summed E-state index contributed by atoms with van der Waals surface area (Å²) in [4.78, 5) is 18.8. The molecule has 0 spiro atoms. The zero-order valence-corrected chi connectivity index (χ0v) is 14.7. The number of nitrogens with one attached hydrogen (secondary N) is 2. The molecule has 6 heteroatoms. The number of aromatic amines is 1. The van der Waals surface area contributed by atoms with Gasteiger partial charge in [0.05, 0.1) is 0 Å². The van der Waals surface area contributed by atoms with Gasteiger partial charge in [-0.05, 0) is 17.5 Å². The van der Waals surface area contributed by atoms with E-state index < -0.39 is 0 Å². The minimum Gasteiger partial charge on any atom is -0.358 e. The van der Waals surface area contributed by atoms with Crippen molar-refractivity contribution in [1.29, 1.82) is 0 Å². The van der Waals surface area contributed by atoms with Crippen molar-refractivity contribution in [3.8, 4) is 0 Å². The van der Waals surface area contributed by atoms with Crippen molar-refractivity contribution in [3.63, 3.8) is 0 Å². The molecule has 0 bridgehead atoms. The first kappa shape index (κ1) is 16.2. The maximum atomic E-state index is 4.52. The summed E-state index contributed by atoms with van der Waals surface area (Å²) in [6.45, 7) is 4.94. The first-order valence-electron chi connectivity index (χ1n) is 8.26. The van der Waals surface area contributed by atoms with Gasteiger partial charge in [0, 0.05) is 44.2 Å². The molecular formula is C18H24N6. The molecule has 0 atom stereocenters. The maximum absolute atomic E-state index is 4.52. The number of aromatic nitrogens is 4. The van der Waals surface area contributed by atoms with Crippen LogP contribution < -0.4 is 10.2 Å². The summed E-state index contributed by atoms with van der Waals surface area (Å²) in [5.74, 6) is 2.39. The fourth-order valence-electron chi connectivity index (χ4n) is 2.50. The minimum atomic E-state index is 0.265. The van der Waals surface area contributed by atoms with E-state index in [0.29, 0.717) is 11.9 Å². The number of nitrogens with zero attached hydrogens (tertiary/aromatic N) is 4. The van der Waals surface area contributed by atoms with E-state index >= 15 is 0 Å². The van der Waals surface area contributed by atoms with Crippen LogP contribution in [0.4, 0.5) is 11.9 Å². The third kappa shape index (κ3) is 3.64. The first-order chi connectivity index (χ1) is 11.5. The summed E-state index contributed by atoms with van der Waals surface area (Å²) in [6.07, 6.45) is 0.884. The van der Waals surface area contributed by atoms with Crippen LogP contribution in [0.25, 0.3) is 10.9 Å². The second-order valence-corrected chi connectivity index (χ2v) is 6.42. The molecule has 0 aliphatic heterocycles. The molecule has 0 fully saturated rings. The third-order valence-corrected chi connectivity index (χ3v) is 3.82. The Kier molecular flexibility index (Phi) is 4.64. The van der Waals surface area contributed by atoms with Gasteiger partial charge in [-0.2, -0.15) is 15.0 Å². The van der Waals surface area contributed by atoms with E-state index in [1.807, 2.05) is 25.1 Å². The second kappa shape index (κ2) is 6.86. The van der Waals surface area contributed by atoms with E-state index in [0.717, 1.165) is 18.8 Å². The highest BCUT2D eigenvalue weighted by Gasteiger charge is 2.10. The Morgan fingerprint density at radius 2 is 1.92 bits per heavy atom. The average molecular weight is 324 g/mol. The number of fused-ring (bicyclic) bond motifs is 1. The molecule has 3 aromatic rings. The van der Waals surface area contributed by atoms with Crippen LogP contribution in [0.15, 0.2) is 30.3 Å². The van der Waals surface area contributed by atoms with Crippen LogP contribution in [0.1, 0.15) is 31.3 Å². The van der Waals surface area contributed by atoms with Gasteiger partial charge < -0.3 is 15.2 Å². The summed E-state index contributed by atoms with van der Waals surface area (Å²) in [7, 11) is 3.88. The number of H-pyrrole nitrogens is 1. The van der Waals surface area contributed by atoms with Crippen LogP contribution in [0.2, 0.25) is 0 Å². The zero-order chi connectivity index (χ0) is 17.1. The Morgan fingerprint density at radius 3 is 2.62 bits per heavy atom. The van der Waals surface area contributed by atoms with E-state index in [4.69, 9.17) is 0 Å². The summed E-state index contributed by atoms with van der Waals surface area (Å²) in [5, 5.41) is 4.56. The van der Waals surface area contributed by atoms with Gasteiger partial charge in [0.1, 0.15) is 5.82 Å². The Hall–Kier alpha value is -2.63. The number of para-hydroxylation sites is 1. The van der Waals surface area contributed by atoms with Gasteiger partial charge in [0.25, 0.3) is 0 Å². The quantitative estimate of drug-likeness (QED) is 0.729. The van der Waals surface area contributed by atoms with Crippen molar-refractivity contribution < 1.29 is 0 Å². The van der Waals surface area contributed by atoms with Crippen molar-refractivity contribution in [3.05, 3.63) is 41.9 Å². The summed E-state index contributed by atoms with van der Waals surface area (Å²) >= 11 is 0. The number of rotatable bonds is 6. The maximum Gasteiger partial charge on any atom is 0.229 e. The first-order valence-corrected chi connectivity index (χ1v) is 8.26. The fourth-order valence-corrected chi connectivity index (χ4v) is 2.50. The molecule has 0 unspecified atom stereocenters. The molecular weight excluding hydrogens is 300 g/mol. The van der Waals surface area contributed by atoms with Crippen molar-refractivity contribution in [2.24, 2.45) is 0 Å². The van der Waals surface area contributed by atoms with Crippen LogP contribution in [0.5, 0.6) is 0 Å². The Bertz CT molecular complexity index is 762. The molecule has 0 saturated heterocycles. The van der Waals surface area contributed by atoms with Gasteiger partial charge in [-0.25, -0.2) is 0 Å². The molecule has 24 heavy (non-hydrogen) atoms. The van der Waals surface area contributed by atoms with Gasteiger partial charge in [-0.3, -0.25) is 0 Å². The third-order valence-electron chi connectivity index (χ3n) is 3.82. The Balaban J connectivity index is 1.69. The van der Waals surface area contributed by atoms with Gasteiger partial charge in [-0.15, -0.1) is 0 Å². The standard InChI is InChI=1S/C18H24N6/c1-12(2)16-21-17(23-18(22-16)24(3)4)19-10-9-14-11-13-7-5-6-8-15(13)20-14/h5-8,11-12,20H,9-10H2,1-4H3,(H,19,21,22,23). The molecule has 126 valence electrons. The van der Waals surface area contributed by atoms with Crippen LogP contribution in [0, 0.1) is 0 Å². The van der Waals surface area contributed by atoms with Crippen molar-refractivity contribution >= 4 is 22.8 Å². The molecule has 6 nitrogen and oxygen atoms in total. The smallest absolute Gasteiger partial charge is 0.229 e. The molecule has 2 heterocycles. The normalized spacial score (nSPS) is 11.2. The lowest BCUT2D eigenvalue weighted by Crippen LogP contribution is -2.18. The van der Waals surface area contributed by atoms with Crippen LogP contribution >= 0.6 is 0 Å². The molecule has 0 radical (unpaired) electrons. The topological polar surface area (TPSA) is 69.7 Å². The molecule has 2 N–H and O–H groups in total.